The Morgan fingerprint density at radius 1 is 1.20 bits per heavy atom. The number of carboxylic acid groups (broad SMARTS) is 1. The van der Waals surface area contributed by atoms with E-state index in [1.807, 2.05) is 30.3 Å². The monoisotopic (exact) mass is 268 g/mol. The van der Waals surface area contributed by atoms with Gasteiger partial charge in [-0.3, -0.25) is 0 Å². The normalized spacial score (nSPS) is 10.6. The second-order valence-corrected chi connectivity index (χ2v) is 4.31. The number of rotatable bonds is 4. The minimum absolute atomic E-state index is 0.000705. The van der Waals surface area contributed by atoms with Crippen LogP contribution in [0.2, 0.25) is 0 Å². The summed E-state index contributed by atoms with van der Waals surface area (Å²) in [6, 6.07) is 13.3. The van der Waals surface area contributed by atoms with E-state index in [-0.39, 0.29) is 5.69 Å². The number of aromatic carboxylic acids is 1. The van der Waals surface area contributed by atoms with Gasteiger partial charge in [-0.25, -0.2) is 9.78 Å². The molecule has 0 saturated heterocycles. The highest BCUT2D eigenvalue weighted by Gasteiger charge is 2.11. The summed E-state index contributed by atoms with van der Waals surface area (Å²) in [7, 11) is 0. The van der Waals surface area contributed by atoms with E-state index in [0.29, 0.717) is 18.0 Å². The summed E-state index contributed by atoms with van der Waals surface area (Å²) in [5.41, 5.74) is 1.54. The van der Waals surface area contributed by atoms with Crippen molar-refractivity contribution in [3.63, 3.8) is 0 Å². The molecule has 20 heavy (non-hydrogen) atoms. The Labute approximate surface area is 115 Å². The van der Waals surface area contributed by atoms with E-state index in [0.717, 1.165) is 5.56 Å². The van der Waals surface area contributed by atoms with Crippen molar-refractivity contribution in [2.24, 2.45) is 0 Å². The SMILES string of the molecule is O=C(O)c1cn2cccc(OCc3ccccc3)c2n1. The van der Waals surface area contributed by atoms with Gasteiger partial charge in [0.25, 0.3) is 0 Å². The third-order valence-corrected chi connectivity index (χ3v) is 2.90. The highest BCUT2D eigenvalue weighted by Crippen LogP contribution is 2.20. The van der Waals surface area contributed by atoms with E-state index in [4.69, 9.17) is 9.84 Å². The third kappa shape index (κ3) is 2.33. The van der Waals surface area contributed by atoms with Crippen molar-refractivity contribution in [2.45, 2.75) is 6.61 Å². The lowest BCUT2D eigenvalue weighted by Gasteiger charge is -2.07. The van der Waals surface area contributed by atoms with Gasteiger partial charge in [0, 0.05) is 12.4 Å². The molecule has 0 unspecified atom stereocenters. The standard InChI is InChI=1S/C15H12N2O3/c18-15(19)12-9-17-8-4-7-13(14(17)16-12)20-10-11-5-2-1-3-6-11/h1-9H,10H2,(H,18,19). The van der Waals surface area contributed by atoms with Gasteiger partial charge in [-0.05, 0) is 17.7 Å². The largest absolute Gasteiger partial charge is 0.485 e. The van der Waals surface area contributed by atoms with E-state index in [1.54, 1.807) is 22.7 Å². The molecule has 3 aromatic rings. The van der Waals surface area contributed by atoms with Crippen LogP contribution in [-0.2, 0) is 6.61 Å². The molecule has 0 bridgehead atoms. The third-order valence-electron chi connectivity index (χ3n) is 2.90. The van der Waals surface area contributed by atoms with Gasteiger partial charge in [0.1, 0.15) is 6.61 Å². The van der Waals surface area contributed by atoms with E-state index in [1.165, 1.54) is 6.20 Å². The molecular weight excluding hydrogens is 256 g/mol. The molecule has 1 N–H and O–H groups in total. The van der Waals surface area contributed by atoms with Crippen molar-refractivity contribution in [1.82, 2.24) is 9.38 Å². The molecule has 0 amide bonds. The van der Waals surface area contributed by atoms with Gasteiger partial charge in [0.15, 0.2) is 17.1 Å². The van der Waals surface area contributed by atoms with Crippen LogP contribution < -0.4 is 4.74 Å². The molecule has 1 aromatic carbocycles. The van der Waals surface area contributed by atoms with E-state index < -0.39 is 5.97 Å². The number of ether oxygens (including phenoxy) is 1. The average molecular weight is 268 g/mol. The van der Waals surface area contributed by atoms with Crippen molar-refractivity contribution in [1.29, 1.82) is 0 Å². The number of carboxylic acids is 1. The second-order valence-electron chi connectivity index (χ2n) is 4.31. The summed E-state index contributed by atoms with van der Waals surface area (Å²) in [4.78, 5) is 15.0. The Morgan fingerprint density at radius 2 is 2.00 bits per heavy atom. The molecule has 2 heterocycles. The fourth-order valence-corrected chi connectivity index (χ4v) is 1.94. The van der Waals surface area contributed by atoms with Gasteiger partial charge in [-0.2, -0.15) is 0 Å². The highest BCUT2D eigenvalue weighted by molar-refractivity contribution is 5.86. The number of hydrogen-bond acceptors (Lipinski definition) is 3. The summed E-state index contributed by atoms with van der Waals surface area (Å²) in [5.74, 6) is -0.494. The van der Waals surface area contributed by atoms with Gasteiger partial charge in [0.05, 0.1) is 0 Å². The van der Waals surface area contributed by atoms with Crippen molar-refractivity contribution in [2.75, 3.05) is 0 Å². The number of nitrogens with zero attached hydrogens (tertiary/aromatic N) is 2. The van der Waals surface area contributed by atoms with Crippen LogP contribution in [0.1, 0.15) is 16.1 Å². The summed E-state index contributed by atoms with van der Waals surface area (Å²) in [6.07, 6.45) is 3.21. The predicted molar refractivity (Wildman–Crippen MR) is 72.9 cm³/mol. The minimum atomic E-state index is -1.05. The molecular formula is C15H12N2O3. The smallest absolute Gasteiger partial charge is 0.356 e. The van der Waals surface area contributed by atoms with E-state index in [9.17, 15) is 4.79 Å². The van der Waals surface area contributed by atoms with Gasteiger partial charge < -0.3 is 14.2 Å². The molecule has 100 valence electrons. The first-order valence-electron chi connectivity index (χ1n) is 6.12. The average Bonchev–Trinajstić information content (AvgIpc) is 2.91. The van der Waals surface area contributed by atoms with Crippen LogP contribution in [0.5, 0.6) is 5.75 Å². The van der Waals surface area contributed by atoms with Crippen LogP contribution in [0.3, 0.4) is 0 Å². The molecule has 0 spiro atoms. The van der Waals surface area contributed by atoms with Gasteiger partial charge in [-0.15, -0.1) is 0 Å². The zero-order valence-corrected chi connectivity index (χ0v) is 10.6. The number of pyridine rings is 1. The fraction of sp³-hybridized carbons (Fsp3) is 0.0667. The van der Waals surface area contributed by atoms with E-state index >= 15 is 0 Å². The maximum absolute atomic E-state index is 10.9. The minimum Gasteiger partial charge on any atom is -0.485 e. The van der Waals surface area contributed by atoms with Crippen LogP contribution in [0.25, 0.3) is 5.65 Å². The maximum atomic E-state index is 10.9. The summed E-state index contributed by atoms with van der Waals surface area (Å²) >= 11 is 0. The van der Waals surface area contributed by atoms with Crippen LogP contribution in [0.4, 0.5) is 0 Å². The van der Waals surface area contributed by atoms with Crippen molar-refractivity contribution in [3.8, 4) is 5.75 Å². The van der Waals surface area contributed by atoms with Gasteiger partial charge in [-0.1, -0.05) is 30.3 Å². The van der Waals surface area contributed by atoms with Crippen molar-refractivity contribution < 1.29 is 14.6 Å². The zero-order valence-electron chi connectivity index (χ0n) is 10.6. The van der Waals surface area contributed by atoms with Crippen molar-refractivity contribution >= 4 is 11.6 Å². The molecule has 5 heteroatoms. The van der Waals surface area contributed by atoms with Crippen LogP contribution >= 0.6 is 0 Å². The number of fused-ring (bicyclic) bond motifs is 1. The lowest BCUT2D eigenvalue weighted by molar-refractivity contribution is 0.0691. The maximum Gasteiger partial charge on any atom is 0.356 e. The first-order valence-corrected chi connectivity index (χ1v) is 6.12. The van der Waals surface area contributed by atoms with Crippen LogP contribution in [0, 0.1) is 0 Å². The first-order chi connectivity index (χ1) is 9.74. The predicted octanol–water partition coefficient (Wildman–Crippen LogP) is 2.61. The first kappa shape index (κ1) is 12.2. The fourth-order valence-electron chi connectivity index (χ4n) is 1.94. The van der Waals surface area contributed by atoms with Gasteiger partial charge in [0.2, 0.25) is 0 Å². The number of benzene rings is 1. The summed E-state index contributed by atoms with van der Waals surface area (Å²) < 4.78 is 7.36. The number of aromatic nitrogens is 2. The highest BCUT2D eigenvalue weighted by atomic mass is 16.5. The molecule has 2 aromatic heterocycles. The lowest BCUT2D eigenvalue weighted by atomic mass is 10.2. The Bertz CT molecular complexity index is 750. The lowest BCUT2D eigenvalue weighted by Crippen LogP contribution is -1.97. The topological polar surface area (TPSA) is 63.8 Å². The number of hydrogen-bond donors (Lipinski definition) is 1. The molecule has 0 fully saturated rings. The Kier molecular flexibility index (Phi) is 3.09. The summed E-state index contributed by atoms with van der Waals surface area (Å²) in [6.45, 7) is 0.412. The van der Waals surface area contributed by atoms with E-state index in [2.05, 4.69) is 4.98 Å². The summed E-state index contributed by atoms with van der Waals surface area (Å²) in [5, 5.41) is 8.97. The van der Waals surface area contributed by atoms with Gasteiger partial charge >= 0.3 is 5.97 Å². The Balaban J connectivity index is 1.89. The number of imidazole rings is 1. The molecule has 0 aliphatic heterocycles. The Morgan fingerprint density at radius 3 is 2.75 bits per heavy atom. The molecule has 0 saturated carbocycles. The number of carbonyl (C=O) groups is 1. The van der Waals surface area contributed by atoms with Crippen LogP contribution in [0.15, 0.2) is 54.9 Å². The second kappa shape index (κ2) is 5.05. The molecule has 0 atom stereocenters. The molecule has 0 radical (unpaired) electrons. The molecule has 0 aliphatic carbocycles. The Hall–Kier alpha value is -2.82. The zero-order chi connectivity index (χ0) is 13.9. The van der Waals surface area contributed by atoms with Crippen molar-refractivity contribution in [3.05, 3.63) is 66.1 Å². The molecule has 5 nitrogen and oxygen atoms in total. The quantitative estimate of drug-likeness (QED) is 0.790. The van der Waals surface area contributed by atoms with Crippen LogP contribution in [-0.4, -0.2) is 20.5 Å². The molecule has 3 rings (SSSR count). The molecule has 0 aliphatic rings.